The highest BCUT2D eigenvalue weighted by molar-refractivity contribution is 6.76. The van der Waals surface area contributed by atoms with Crippen molar-refractivity contribution in [1.82, 2.24) is 0 Å². The van der Waals surface area contributed by atoms with E-state index < -0.39 is 8.80 Å². The zero-order valence-corrected chi connectivity index (χ0v) is 10.4. The Bertz CT molecular complexity index is 304. The fourth-order valence-electron chi connectivity index (χ4n) is 1.48. The Balaban J connectivity index is 3.21. The molecule has 5 heteroatoms. The molecule has 0 bridgehead atoms. The van der Waals surface area contributed by atoms with Crippen molar-refractivity contribution in [3.8, 4) is 5.75 Å². The van der Waals surface area contributed by atoms with Crippen LogP contribution in [0.3, 0.4) is 0 Å². The number of ether oxygens (including phenoxy) is 1. The first-order chi connectivity index (χ1) is 7.24. The molecule has 1 rings (SSSR count). The summed E-state index contributed by atoms with van der Waals surface area (Å²) in [6.45, 7) is 0. The summed E-state index contributed by atoms with van der Waals surface area (Å²) in [5, 5.41) is 0.833. The number of benzene rings is 1. The zero-order chi connectivity index (χ0) is 11.3. The lowest BCUT2D eigenvalue weighted by molar-refractivity contribution is 0.139. The molecule has 0 saturated carbocycles. The van der Waals surface area contributed by atoms with Gasteiger partial charge in [-0.1, -0.05) is 18.2 Å². The summed E-state index contributed by atoms with van der Waals surface area (Å²) in [7, 11) is 3.55. The van der Waals surface area contributed by atoms with Crippen LogP contribution < -0.4 is 9.92 Å². The van der Waals surface area contributed by atoms with Crippen LogP contribution in [0.15, 0.2) is 24.3 Å². The molecule has 0 heterocycles. The topological polar surface area (TPSA) is 36.9 Å². The molecule has 0 N–H and O–H groups in total. The van der Waals surface area contributed by atoms with Crippen molar-refractivity contribution in [2.45, 2.75) is 0 Å². The fraction of sp³-hybridized carbons (Fsp3) is 0.400. The molecule has 0 aliphatic rings. The van der Waals surface area contributed by atoms with E-state index in [0.29, 0.717) is 0 Å². The zero-order valence-electron chi connectivity index (χ0n) is 9.44. The van der Waals surface area contributed by atoms with E-state index in [-0.39, 0.29) is 0 Å². The van der Waals surface area contributed by atoms with Gasteiger partial charge in [0.15, 0.2) is 0 Å². The lowest BCUT2D eigenvalue weighted by Gasteiger charge is -2.25. The molecule has 0 saturated heterocycles. The fourth-order valence-corrected chi connectivity index (χ4v) is 3.42. The Hall–Kier alpha value is -0.883. The van der Waals surface area contributed by atoms with Crippen LogP contribution in [0.2, 0.25) is 0 Å². The third kappa shape index (κ3) is 2.20. The summed E-state index contributed by atoms with van der Waals surface area (Å²) in [4.78, 5) is 0. The average Bonchev–Trinajstić information content (AvgIpc) is 2.33. The molecule has 0 amide bonds. The molecule has 0 aliphatic carbocycles. The summed E-state index contributed by atoms with van der Waals surface area (Å²) >= 11 is 0. The first-order valence-corrected chi connectivity index (χ1v) is 6.25. The van der Waals surface area contributed by atoms with E-state index in [0.717, 1.165) is 10.9 Å². The maximum atomic E-state index is 5.38. The molecular weight excluding hydrogens is 212 g/mol. The third-order valence-corrected chi connectivity index (χ3v) is 4.93. The van der Waals surface area contributed by atoms with Gasteiger partial charge in [0.25, 0.3) is 0 Å². The van der Waals surface area contributed by atoms with E-state index in [9.17, 15) is 0 Å². The summed E-state index contributed by atoms with van der Waals surface area (Å²) < 4.78 is 21.4. The van der Waals surface area contributed by atoms with E-state index in [1.54, 1.807) is 28.4 Å². The van der Waals surface area contributed by atoms with Crippen molar-refractivity contribution in [2.24, 2.45) is 0 Å². The molecule has 0 radical (unpaired) electrons. The van der Waals surface area contributed by atoms with Gasteiger partial charge in [-0.15, -0.1) is 0 Å². The second-order valence-corrected chi connectivity index (χ2v) is 5.74. The number of para-hydroxylation sites is 1. The highest BCUT2D eigenvalue weighted by Crippen LogP contribution is 2.15. The minimum absolute atomic E-state index is 0.717. The van der Waals surface area contributed by atoms with Gasteiger partial charge in [-0.2, -0.15) is 0 Å². The highest BCUT2D eigenvalue weighted by atomic mass is 28.4. The van der Waals surface area contributed by atoms with E-state index in [2.05, 4.69) is 0 Å². The summed E-state index contributed by atoms with van der Waals surface area (Å²) in [6.07, 6.45) is 0. The number of hydrogen-bond acceptors (Lipinski definition) is 4. The van der Waals surface area contributed by atoms with Crippen molar-refractivity contribution in [3.63, 3.8) is 0 Å². The highest BCUT2D eigenvalue weighted by Gasteiger charge is 2.43. The van der Waals surface area contributed by atoms with Crippen LogP contribution >= 0.6 is 0 Å². The average molecular weight is 228 g/mol. The van der Waals surface area contributed by atoms with Crippen LogP contribution in [0.1, 0.15) is 0 Å². The van der Waals surface area contributed by atoms with Gasteiger partial charge in [0.1, 0.15) is 5.75 Å². The van der Waals surface area contributed by atoms with Crippen LogP contribution in [-0.4, -0.2) is 37.2 Å². The molecule has 0 spiro atoms. The summed E-state index contributed by atoms with van der Waals surface area (Å²) in [5.41, 5.74) is 0. The maximum absolute atomic E-state index is 5.38. The Morgan fingerprint density at radius 2 is 1.40 bits per heavy atom. The molecule has 0 aromatic heterocycles. The van der Waals surface area contributed by atoms with Crippen LogP contribution in [-0.2, 0) is 13.3 Å². The maximum Gasteiger partial charge on any atom is 0.540 e. The monoisotopic (exact) mass is 228 g/mol. The molecule has 0 unspecified atom stereocenters. The molecule has 84 valence electrons. The van der Waals surface area contributed by atoms with Gasteiger partial charge in [0, 0.05) is 21.3 Å². The second kappa shape index (κ2) is 5.27. The van der Waals surface area contributed by atoms with Gasteiger partial charge in [-0.05, 0) is 6.07 Å². The Morgan fingerprint density at radius 1 is 0.867 bits per heavy atom. The van der Waals surface area contributed by atoms with Crippen LogP contribution in [0, 0.1) is 0 Å². The molecule has 0 aliphatic heterocycles. The minimum atomic E-state index is -2.78. The molecule has 0 atom stereocenters. The quantitative estimate of drug-likeness (QED) is 0.698. The van der Waals surface area contributed by atoms with Crippen molar-refractivity contribution in [3.05, 3.63) is 24.3 Å². The van der Waals surface area contributed by atoms with E-state index in [4.69, 9.17) is 18.0 Å². The SMILES string of the molecule is COc1ccccc1[Si](OC)(OC)OC. The Morgan fingerprint density at radius 3 is 1.87 bits per heavy atom. The van der Waals surface area contributed by atoms with Gasteiger partial charge >= 0.3 is 8.80 Å². The van der Waals surface area contributed by atoms with Crippen LogP contribution in [0.4, 0.5) is 0 Å². The lowest BCUT2D eigenvalue weighted by atomic mass is 10.3. The number of rotatable bonds is 5. The molecule has 1 aromatic rings. The Kier molecular flexibility index (Phi) is 4.28. The van der Waals surface area contributed by atoms with E-state index in [1.165, 1.54) is 0 Å². The van der Waals surface area contributed by atoms with Gasteiger partial charge in [0.2, 0.25) is 0 Å². The summed E-state index contributed by atoms with van der Waals surface area (Å²) in [5.74, 6) is 0.717. The first-order valence-electron chi connectivity index (χ1n) is 4.53. The van der Waals surface area contributed by atoms with Gasteiger partial charge in [0.05, 0.1) is 12.3 Å². The smallest absolute Gasteiger partial charge is 0.497 e. The predicted molar refractivity (Wildman–Crippen MR) is 59.4 cm³/mol. The van der Waals surface area contributed by atoms with Gasteiger partial charge < -0.3 is 18.0 Å². The molecule has 1 aromatic carbocycles. The van der Waals surface area contributed by atoms with Crippen LogP contribution in [0.25, 0.3) is 0 Å². The van der Waals surface area contributed by atoms with Crippen molar-refractivity contribution in [1.29, 1.82) is 0 Å². The molecule has 0 fully saturated rings. The minimum Gasteiger partial charge on any atom is -0.497 e. The van der Waals surface area contributed by atoms with E-state index in [1.807, 2.05) is 24.3 Å². The number of methoxy groups -OCH3 is 1. The summed E-state index contributed by atoms with van der Waals surface area (Å²) in [6, 6.07) is 7.54. The number of hydrogen-bond donors (Lipinski definition) is 0. The molecule has 4 nitrogen and oxygen atoms in total. The second-order valence-electron chi connectivity index (χ2n) is 2.87. The first kappa shape index (κ1) is 12.2. The molecule has 15 heavy (non-hydrogen) atoms. The largest absolute Gasteiger partial charge is 0.540 e. The van der Waals surface area contributed by atoms with Gasteiger partial charge in [-0.25, -0.2) is 0 Å². The third-order valence-electron chi connectivity index (χ3n) is 2.24. The van der Waals surface area contributed by atoms with Crippen molar-refractivity contribution < 1.29 is 18.0 Å². The predicted octanol–water partition coefficient (Wildman–Crippen LogP) is 0.780. The van der Waals surface area contributed by atoms with Crippen LogP contribution in [0.5, 0.6) is 5.75 Å². The molecular formula is C10H16O4Si. The Labute approximate surface area is 91.1 Å². The van der Waals surface area contributed by atoms with E-state index >= 15 is 0 Å². The van der Waals surface area contributed by atoms with Crippen molar-refractivity contribution in [2.75, 3.05) is 28.4 Å². The van der Waals surface area contributed by atoms with Crippen molar-refractivity contribution >= 4 is 14.0 Å². The lowest BCUT2D eigenvalue weighted by Crippen LogP contribution is -2.55. The standard InChI is InChI=1S/C10H16O4Si/c1-11-9-7-5-6-8-10(9)15(12-2,13-3)14-4/h5-8H,1-4H3. The van der Waals surface area contributed by atoms with Gasteiger partial charge in [-0.3, -0.25) is 0 Å². The normalized spacial score (nSPS) is 11.5.